The van der Waals surface area contributed by atoms with E-state index in [2.05, 4.69) is 6.58 Å². The fraction of sp³-hybridized carbons (Fsp3) is 0.913. The summed E-state index contributed by atoms with van der Waals surface area (Å²) < 4.78 is 22.0. The van der Waals surface area contributed by atoms with Gasteiger partial charge in [0, 0.05) is 6.61 Å². The Balaban J connectivity index is 1.78. The molecule has 200 valence electrons. The summed E-state index contributed by atoms with van der Waals surface area (Å²) in [5.41, 5.74) is 0. The van der Waals surface area contributed by atoms with Gasteiger partial charge in [-0.1, -0.05) is 38.2 Å². The van der Waals surface area contributed by atoms with Crippen molar-refractivity contribution in [1.82, 2.24) is 0 Å². The van der Waals surface area contributed by atoms with Crippen LogP contribution >= 0.6 is 0 Å². The molecule has 11 heteroatoms. The van der Waals surface area contributed by atoms with Crippen LogP contribution < -0.4 is 0 Å². The zero-order valence-electron chi connectivity index (χ0n) is 19.6. The van der Waals surface area contributed by atoms with Crippen molar-refractivity contribution in [2.24, 2.45) is 0 Å². The number of unbranched alkanes of at least 4 members (excludes halogenated alkanes) is 7. The molecule has 7 N–H and O–H groups in total. The first-order valence-electron chi connectivity index (χ1n) is 12.2. The minimum atomic E-state index is -1.70. The molecule has 0 saturated carbocycles. The van der Waals surface area contributed by atoms with Gasteiger partial charge < -0.3 is 54.7 Å². The van der Waals surface area contributed by atoms with Crippen LogP contribution in [-0.2, 0) is 18.9 Å². The normalized spacial score (nSPS) is 38.7. The van der Waals surface area contributed by atoms with Crippen LogP contribution in [0, 0.1) is 0 Å². The van der Waals surface area contributed by atoms with Crippen LogP contribution in [-0.4, -0.2) is 117 Å². The van der Waals surface area contributed by atoms with E-state index in [1.165, 1.54) is 19.3 Å². The molecule has 2 heterocycles. The third-order valence-corrected chi connectivity index (χ3v) is 6.30. The monoisotopic (exact) mass is 494 g/mol. The second kappa shape index (κ2) is 15.4. The second-order valence-corrected chi connectivity index (χ2v) is 8.93. The number of hydrogen-bond donors (Lipinski definition) is 7. The summed E-state index contributed by atoms with van der Waals surface area (Å²) in [6.07, 6.45) is -3.93. The van der Waals surface area contributed by atoms with Gasteiger partial charge in [0.25, 0.3) is 0 Å². The van der Waals surface area contributed by atoms with Crippen LogP contribution in [0.5, 0.6) is 0 Å². The van der Waals surface area contributed by atoms with E-state index in [0.717, 1.165) is 32.1 Å². The minimum absolute atomic E-state index is 0.307. The van der Waals surface area contributed by atoms with E-state index in [1.54, 1.807) is 0 Å². The molecule has 0 aromatic heterocycles. The van der Waals surface area contributed by atoms with Crippen molar-refractivity contribution in [3.05, 3.63) is 12.7 Å². The smallest absolute Gasteiger partial charge is 0.187 e. The predicted molar refractivity (Wildman–Crippen MR) is 119 cm³/mol. The Morgan fingerprint density at radius 3 is 1.82 bits per heavy atom. The maximum Gasteiger partial charge on any atom is 0.187 e. The van der Waals surface area contributed by atoms with Crippen molar-refractivity contribution >= 4 is 0 Å². The van der Waals surface area contributed by atoms with Gasteiger partial charge in [-0.3, -0.25) is 0 Å². The van der Waals surface area contributed by atoms with Crippen molar-refractivity contribution < 1.29 is 54.7 Å². The molecule has 2 aliphatic heterocycles. The summed E-state index contributed by atoms with van der Waals surface area (Å²) in [4.78, 5) is 0. The zero-order chi connectivity index (χ0) is 25.1. The Bertz CT molecular complexity index is 561. The van der Waals surface area contributed by atoms with Crippen molar-refractivity contribution in [3.63, 3.8) is 0 Å². The molecule has 0 radical (unpaired) electrons. The summed E-state index contributed by atoms with van der Waals surface area (Å²) in [5.74, 6) is 0. The lowest BCUT2D eigenvalue weighted by molar-refractivity contribution is -0.359. The maximum atomic E-state index is 10.6. The Kier molecular flexibility index (Phi) is 13.4. The van der Waals surface area contributed by atoms with E-state index >= 15 is 0 Å². The van der Waals surface area contributed by atoms with Gasteiger partial charge >= 0.3 is 0 Å². The number of aliphatic hydroxyl groups excluding tert-OH is 7. The van der Waals surface area contributed by atoms with Crippen LogP contribution in [0.2, 0.25) is 0 Å². The Morgan fingerprint density at radius 1 is 0.647 bits per heavy atom. The van der Waals surface area contributed by atoms with Gasteiger partial charge in [0.15, 0.2) is 12.6 Å². The van der Waals surface area contributed by atoms with Gasteiger partial charge in [-0.05, 0) is 19.3 Å². The first-order valence-corrected chi connectivity index (χ1v) is 12.2. The highest BCUT2D eigenvalue weighted by Crippen LogP contribution is 2.29. The molecule has 10 atom stereocenters. The number of hydrogen-bond acceptors (Lipinski definition) is 11. The lowest BCUT2D eigenvalue weighted by Gasteiger charge is -2.45. The average molecular weight is 495 g/mol. The maximum absolute atomic E-state index is 10.6. The van der Waals surface area contributed by atoms with E-state index in [0.29, 0.717) is 6.61 Å². The molecule has 11 nitrogen and oxygen atoms in total. The average Bonchev–Trinajstić information content (AvgIpc) is 2.84. The van der Waals surface area contributed by atoms with Crippen LogP contribution in [0.25, 0.3) is 0 Å². The number of ether oxygens (including phenoxy) is 4. The Labute approximate surface area is 200 Å². The van der Waals surface area contributed by atoms with Crippen molar-refractivity contribution in [2.45, 2.75) is 113 Å². The molecule has 0 amide bonds. The summed E-state index contributed by atoms with van der Waals surface area (Å²) in [7, 11) is 0. The van der Waals surface area contributed by atoms with Gasteiger partial charge in [-0.2, -0.15) is 0 Å². The predicted octanol–water partition coefficient (Wildman–Crippen LogP) is -1.07. The summed E-state index contributed by atoms with van der Waals surface area (Å²) in [6, 6.07) is 0. The van der Waals surface area contributed by atoms with Crippen LogP contribution in [0.4, 0.5) is 0 Å². The molecule has 0 aromatic carbocycles. The lowest BCUT2D eigenvalue weighted by Crippen LogP contribution is -2.64. The second-order valence-electron chi connectivity index (χ2n) is 8.93. The lowest BCUT2D eigenvalue weighted by atomic mass is 9.97. The molecule has 0 bridgehead atoms. The highest BCUT2D eigenvalue weighted by atomic mass is 16.7. The summed E-state index contributed by atoms with van der Waals surface area (Å²) in [5, 5.41) is 70.0. The molecular weight excluding hydrogens is 452 g/mol. The molecule has 2 aliphatic rings. The Morgan fingerprint density at radius 2 is 1.21 bits per heavy atom. The number of rotatable bonds is 15. The summed E-state index contributed by atoms with van der Waals surface area (Å²) in [6.45, 7) is 2.79. The molecule has 2 rings (SSSR count). The third-order valence-electron chi connectivity index (χ3n) is 6.30. The quantitative estimate of drug-likeness (QED) is 0.109. The third kappa shape index (κ3) is 8.17. The Hall–Kier alpha value is -0.700. The summed E-state index contributed by atoms with van der Waals surface area (Å²) >= 11 is 0. The number of aliphatic hydroxyl groups is 7. The van der Waals surface area contributed by atoms with E-state index in [-0.39, 0.29) is 0 Å². The first kappa shape index (κ1) is 29.5. The zero-order valence-corrected chi connectivity index (χ0v) is 19.6. The molecule has 2 fully saturated rings. The van der Waals surface area contributed by atoms with Crippen LogP contribution in [0.1, 0.15) is 51.4 Å². The van der Waals surface area contributed by atoms with Gasteiger partial charge in [-0.15, -0.1) is 6.58 Å². The highest BCUT2D eigenvalue weighted by molar-refractivity contribution is 4.94. The SMILES string of the molecule is C=CCCCCCCCCCO[C@@H]1O[C@H](CO)[C@@H](O[C@H]2O[C@H](CO)[C@@H](O)[C@H](O)[C@H]2O)[C@H](O)[C@H]1O. The van der Waals surface area contributed by atoms with Crippen molar-refractivity contribution in [1.29, 1.82) is 0 Å². The van der Waals surface area contributed by atoms with Crippen molar-refractivity contribution in [3.8, 4) is 0 Å². The minimum Gasteiger partial charge on any atom is -0.394 e. The molecule has 2 saturated heterocycles. The molecule has 0 spiro atoms. The molecule has 0 unspecified atom stereocenters. The first-order chi connectivity index (χ1) is 16.3. The van der Waals surface area contributed by atoms with E-state index < -0.39 is 74.6 Å². The largest absolute Gasteiger partial charge is 0.394 e. The van der Waals surface area contributed by atoms with Gasteiger partial charge in [0.05, 0.1) is 13.2 Å². The topological polar surface area (TPSA) is 179 Å². The van der Waals surface area contributed by atoms with E-state index in [1.807, 2.05) is 6.08 Å². The molecular formula is C23H42O11. The van der Waals surface area contributed by atoms with Gasteiger partial charge in [0.1, 0.15) is 48.8 Å². The van der Waals surface area contributed by atoms with Gasteiger partial charge in [-0.25, -0.2) is 0 Å². The fourth-order valence-corrected chi connectivity index (χ4v) is 4.17. The molecule has 34 heavy (non-hydrogen) atoms. The fourth-order valence-electron chi connectivity index (χ4n) is 4.17. The van der Waals surface area contributed by atoms with E-state index in [9.17, 15) is 35.7 Å². The molecule has 0 aliphatic carbocycles. The van der Waals surface area contributed by atoms with Gasteiger partial charge in [0.2, 0.25) is 0 Å². The van der Waals surface area contributed by atoms with Crippen LogP contribution in [0.3, 0.4) is 0 Å². The highest BCUT2D eigenvalue weighted by Gasteiger charge is 2.50. The van der Waals surface area contributed by atoms with Crippen LogP contribution in [0.15, 0.2) is 12.7 Å². The molecule has 0 aromatic rings. The number of allylic oxidation sites excluding steroid dienone is 1. The van der Waals surface area contributed by atoms with Crippen molar-refractivity contribution in [2.75, 3.05) is 19.8 Å². The standard InChI is InChI=1S/C23H42O11/c1-2-3-4-5-6-7-8-9-10-11-31-22-20(30)18(28)21(15(13-25)33-22)34-23-19(29)17(27)16(26)14(12-24)32-23/h2,14-30H,1,3-13H2/t14-,15-,16-,17+,18-,19-,20-,21-,22-,23-/m1/s1. The van der Waals surface area contributed by atoms with E-state index in [4.69, 9.17) is 18.9 Å².